The molecule has 0 bridgehead atoms. The molecule has 1 aromatic heterocycles. The zero-order valence-electron chi connectivity index (χ0n) is 13.3. The third-order valence-electron chi connectivity index (χ3n) is 4.09. The highest BCUT2D eigenvalue weighted by Crippen LogP contribution is 2.30. The molecule has 0 N–H and O–H groups in total. The van der Waals surface area contributed by atoms with Crippen LogP contribution in [0, 0.1) is 0 Å². The Morgan fingerprint density at radius 2 is 2.17 bits per heavy atom. The van der Waals surface area contributed by atoms with Crippen molar-refractivity contribution in [3.05, 3.63) is 53.7 Å². The third-order valence-corrected chi connectivity index (χ3v) is 4.09. The van der Waals surface area contributed by atoms with E-state index in [0.717, 1.165) is 37.8 Å². The van der Waals surface area contributed by atoms with Crippen molar-refractivity contribution in [2.45, 2.75) is 38.6 Å². The van der Waals surface area contributed by atoms with E-state index in [-0.39, 0.29) is 11.9 Å². The Morgan fingerprint density at radius 1 is 1.35 bits per heavy atom. The zero-order valence-corrected chi connectivity index (χ0v) is 13.3. The summed E-state index contributed by atoms with van der Waals surface area (Å²) in [6.07, 6.45) is 7.16. The zero-order chi connectivity index (χ0) is 16.1. The Bertz CT molecular complexity index is 679. The molecule has 23 heavy (non-hydrogen) atoms. The summed E-state index contributed by atoms with van der Waals surface area (Å²) in [6.45, 7) is 2.72. The van der Waals surface area contributed by atoms with E-state index < -0.39 is 0 Å². The van der Waals surface area contributed by atoms with Gasteiger partial charge in [-0.2, -0.15) is 4.98 Å². The van der Waals surface area contributed by atoms with Gasteiger partial charge in [0.15, 0.2) is 5.82 Å². The highest BCUT2D eigenvalue weighted by molar-refractivity contribution is 5.92. The number of likely N-dealkylation sites (tertiary alicyclic amines) is 1. The van der Waals surface area contributed by atoms with Gasteiger partial charge in [0.05, 0.1) is 0 Å². The molecule has 120 valence electrons. The topological polar surface area (TPSA) is 59.2 Å². The van der Waals surface area contributed by atoms with E-state index in [4.69, 9.17) is 4.52 Å². The molecule has 1 aliphatic heterocycles. The van der Waals surface area contributed by atoms with Crippen molar-refractivity contribution in [2.24, 2.45) is 0 Å². The van der Waals surface area contributed by atoms with Crippen molar-refractivity contribution in [1.29, 1.82) is 0 Å². The second-order valence-electron chi connectivity index (χ2n) is 5.69. The van der Waals surface area contributed by atoms with Gasteiger partial charge < -0.3 is 9.42 Å². The number of piperidine rings is 1. The molecule has 1 aromatic carbocycles. The Kier molecular flexibility index (Phi) is 4.86. The Hall–Kier alpha value is -2.43. The number of rotatable bonds is 4. The van der Waals surface area contributed by atoms with Crippen molar-refractivity contribution >= 4 is 12.0 Å². The molecule has 0 saturated carbocycles. The molecule has 0 aliphatic carbocycles. The number of benzene rings is 1. The lowest BCUT2D eigenvalue weighted by Gasteiger charge is -2.32. The fourth-order valence-corrected chi connectivity index (χ4v) is 2.83. The van der Waals surface area contributed by atoms with Crippen molar-refractivity contribution in [3.8, 4) is 0 Å². The Labute approximate surface area is 136 Å². The van der Waals surface area contributed by atoms with Gasteiger partial charge in [-0.25, -0.2) is 0 Å². The van der Waals surface area contributed by atoms with Gasteiger partial charge in [0, 0.05) is 19.0 Å². The molecule has 2 aromatic rings. The Morgan fingerprint density at radius 3 is 2.91 bits per heavy atom. The van der Waals surface area contributed by atoms with E-state index in [2.05, 4.69) is 10.1 Å². The lowest BCUT2D eigenvalue weighted by atomic mass is 10.0. The molecule has 1 fully saturated rings. The molecule has 1 saturated heterocycles. The van der Waals surface area contributed by atoms with Crippen LogP contribution in [0.1, 0.15) is 49.5 Å². The standard InChI is InChI=1S/C18H21N3O2/c1-2-16-19-18(23-20-16)15-10-6-7-13-21(15)17(22)12-11-14-8-4-3-5-9-14/h3-5,8-9,11-12,15H,2,6-7,10,13H2,1H3/b12-11+. The molecular formula is C18H21N3O2. The maximum atomic E-state index is 12.6. The second kappa shape index (κ2) is 7.22. The number of aromatic nitrogens is 2. The fraction of sp³-hybridized carbons (Fsp3) is 0.389. The van der Waals surface area contributed by atoms with Crippen LogP contribution in [0.2, 0.25) is 0 Å². The first-order valence-corrected chi connectivity index (χ1v) is 8.14. The lowest BCUT2D eigenvalue weighted by molar-refractivity contribution is -0.130. The largest absolute Gasteiger partial charge is 0.337 e. The summed E-state index contributed by atoms with van der Waals surface area (Å²) in [6, 6.07) is 9.72. The molecule has 1 unspecified atom stereocenters. The number of carbonyl (C=O) groups is 1. The molecule has 3 rings (SSSR count). The first-order valence-electron chi connectivity index (χ1n) is 8.14. The molecule has 1 atom stereocenters. The first kappa shape index (κ1) is 15.5. The molecule has 1 amide bonds. The minimum absolute atomic E-state index is 0.00481. The van der Waals surface area contributed by atoms with Crippen molar-refractivity contribution in [3.63, 3.8) is 0 Å². The first-order chi connectivity index (χ1) is 11.3. The summed E-state index contributed by atoms with van der Waals surface area (Å²) < 4.78 is 5.36. The smallest absolute Gasteiger partial charge is 0.249 e. The fourth-order valence-electron chi connectivity index (χ4n) is 2.83. The van der Waals surface area contributed by atoms with Crippen LogP contribution in [0.3, 0.4) is 0 Å². The maximum absolute atomic E-state index is 12.6. The van der Waals surface area contributed by atoms with Gasteiger partial charge in [-0.05, 0) is 30.9 Å². The average molecular weight is 311 g/mol. The van der Waals surface area contributed by atoms with Crippen molar-refractivity contribution < 1.29 is 9.32 Å². The molecule has 5 nitrogen and oxygen atoms in total. The Balaban J connectivity index is 1.75. The minimum Gasteiger partial charge on any atom is -0.337 e. The monoisotopic (exact) mass is 311 g/mol. The van der Waals surface area contributed by atoms with Crippen LogP contribution in [0.4, 0.5) is 0 Å². The number of hydrogen-bond acceptors (Lipinski definition) is 4. The van der Waals surface area contributed by atoms with Gasteiger partial charge in [-0.15, -0.1) is 0 Å². The molecule has 2 heterocycles. The van der Waals surface area contributed by atoms with E-state index in [1.807, 2.05) is 48.2 Å². The van der Waals surface area contributed by atoms with Gasteiger partial charge >= 0.3 is 0 Å². The van der Waals surface area contributed by atoms with Gasteiger partial charge in [-0.3, -0.25) is 4.79 Å². The third kappa shape index (κ3) is 3.67. The number of hydrogen-bond donors (Lipinski definition) is 0. The molecule has 5 heteroatoms. The van der Waals surface area contributed by atoms with E-state index in [1.54, 1.807) is 6.08 Å². The molecule has 0 spiro atoms. The van der Waals surface area contributed by atoms with E-state index in [0.29, 0.717) is 11.7 Å². The number of aryl methyl sites for hydroxylation is 1. The minimum atomic E-state index is -0.107. The summed E-state index contributed by atoms with van der Waals surface area (Å²) in [4.78, 5) is 18.8. The van der Waals surface area contributed by atoms with E-state index in [1.165, 1.54) is 0 Å². The quantitative estimate of drug-likeness (QED) is 0.812. The van der Waals surface area contributed by atoms with Crippen LogP contribution >= 0.6 is 0 Å². The van der Waals surface area contributed by atoms with Crippen LogP contribution in [-0.4, -0.2) is 27.5 Å². The van der Waals surface area contributed by atoms with Crippen LogP contribution in [0.5, 0.6) is 0 Å². The second-order valence-corrected chi connectivity index (χ2v) is 5.69. The highest BCUT2D eigenvalue weighted by atomic mass is 16.5. The molecular weight excluding hydrogens is 290 g/mol. The number of nitrogens with zero attached hydrogens (tertiary/aromatic N) is 3. The van der Waals surface area contributed by atoms with Crippen LogP contribution < -0.4 is 0 Å². The number of amides is 1. The lowest BCUT2D eigenvalue weighted by Crippen LogP contribution is -2.37. The van der Waals surface area contributed by atoms with Gasteiger partial charge in [0.2, 0.25) is 11.8 Å². The predicted octanol–water partition coefficient (Wildman–Crippen LogP) is 3.40. The summed E-state index contributed by atoms with van der Waals surface area (Å²) in [7, 11) is 0. The van der Waals surface area contributed by atoms with Gasteiger partial charge in [0.1, 0.15) is 6.04 Å². The summed E-state index contributed by atoms with van der Waals surface area (Å²) in [5.74, 6) is 1.25. The average Bonchev–Trinajstić information content (AvgIpc) is 3.09. The SMILES string of the molecule is CCc1noc(C2CCCCN2C(=O)/C=C/c2ccccc2)n1. The molecule has 1 aliphatic rings. The van der Waals surface area contributed by atoms with E-state index in [9.17, 15) is 4.79 Å². The predicted molar refractivity (Wildman–Crippen MR) is 87.5 cm³/mol. The van der Waals surface area contributed by atoms with Crippen LogP contribution in [-0.2, 0) is 11.2 Å². The van der Waals surface area contributed by atoms with Crippen LogP contribution in [0.25, 0.3) is 6.08 Å². The number of carbonyl (C=O) groups excluding carboxylic acids is 1. The van der Waals surface area contributed by atoms with Gasteiger partial charge in [0.25, 0.3) is 0 Å². The summed E-state index contributed by atoms with van der Waals surface area (Å²) in [5.41, 5.74) is 1.01. The maximum Gasteiger partial charge on any atom is 0.249 e. The van der Waals surface area contributed by atoms with Crippen LogP contribution in [0.15, 0.2) is 40.9 Å². The summed E-state index contributed by atoms with van der Waals surface area (Å²) >= 11 is 0. The van der Waals surface area contributed by atoms with Crippen molar-refractivity contribution in [1.82, 2.24) is 15.0 Å². The normalized spacial score (nSPS) is 18.5. The van der Waals surface area contributed by atoms with Crippen molar-refractivity contribution in [2.75, 3.05) is 6.54 Å². The summed E-state index contributed by atoms with van der Waals surface area (Å²) in [5, 5.41) is 3.96. The van der Waals surface area contributed by atoms with Gasteiger partial charge in [-0.1, -0.05) is 42.4 Å². The highest BCUT2D eigenvalue weighted by Gasteiger charge is 2.30. The molecule has 0 radical (unpaired) electrons. The van der Waals surface area contributed by atoms with E-state index >= 15 is 0 Å².